The van der Waals surface area contributed by atoms with Gasteiger partial charge in [0.2, 0.25) is 0 Å². The lowest BCUT2D eigenvalue weighted by Crippen LogP contribution is -2.41. The second-order valence-electron chi connectivity index (χ2n) is 5.51. The molecule has 1 unspecified atom stereocenters. The Labute approximate surface area is 124 Å². The number of rotatable bonds is 5. The quantitative estimate of drug-likeness (QED) is 0.909. The van der Waals surface area contributed by atoms with Gasteiger partial charge >= 0.3 is 0 Å². The smallest absolute Gasteiger partial charge is 0.254 e. The number of nitrogens with zero attached hydrogens (tertiary/aromatic N) is 4. The van der Waals surface area contributed by atoms with Crippen molar-refractivity contribution in [1.29, 1.82) is 0 Å². The van der Waals surface area contributed by atoms with Crippen LogP contribution in [-0.4, -0.2) is 49.6 Å². The van der Waals surface area contributed by atoms with Gasteiger partial charge < -0.3 is 10.0 Å². The third-order valence-electron chi connectivity index (χ3n) is 3.41. The molecular formula is C15H22N4O2. The number of aryl methyl sites for hydroxylation is 1. The molecule has 0 fully saturated rings. The van der Waals surface area contributed by atoms with Crippen LogP contribution in [0, 0.1) is 0 Å². The number of amides is 1. The molecule has 1 amide bonds. The van der Waals surface area contributed by atoms with E-state index in [4.69, 9.17) is 0 Å². The number of aromatic nitrogens is 3. The van der Waals surface area contributed by atoms with Crippen molar-refractivity contribution in [2.75, 3.05) is 6.54 Å². The molecule has 1 atom stereocenters. The zero-order chi connectivity index (χ0) is 15.6. The summed E-state index contributed by atoms with van der Waals surface area (Å²) in [6, 6.07) is 5.44. The molecule has 1 N–H and O–H groups in total. The normalized spacial score (nSPS) is 12.9. The maximum absolute atomic E-state index is 12.6. The van der Waals surface area contributed by atoms with Gasteiger partial charge in [-0.25, -0.2) is 4.68 Å². The number of fused-ring (bicyclic) bond motifs is 1. The van der Waals surface area contributed by atoms with E-state index in [2.05, 4.69) is 10.3 Å². The first kappa shape index (κ1) is 15.4. The fraction of sp³-hybridized carbons (Fsp3) is 0.533. The van der Waals surface area contributed by atoms with Gasteiger partial charge in [0.05, 0.1) is 11.6 Å². The average molecular weight is 290 g/mol. The second-order valence-corrected chi connectivity index (χ2v) is 5.51. The topological polar surface area (TPSA) is 71.2 Å². The molecule has 1 aromatic heterocycles. The molecule has 0 aliphatic heterocycles. The van der Waals surface area contributed by atoms with E-state index in [1.807, 2.05) is 26.8 Å². The van der Waals surface area contributed by atoms with Crippen molar-refractivity contribution in [3.05, 3.63) is 23.8 Å². The minimum Gasteiger partial charge on any atom is -0.392 e. The van der Waals surface area contributed by atoms with Crippen molar-refractivity contribution >= 4 is 16.9 Å². The summed E-state index contributed by atoms with van der Waals surface area (Å²) >= 11 is 0. The van der Waals surface area contributed by atoms with Crippen LogP contribution in [-0.2, 0) is 6.54 Å². The van der Waals surface area contributed by atoms with Gasteiger partial charge in [-0.2, -0.15) is 0 Å². The fourth-order valence-corrected chi connectivity index (χ4v) is 2.32. The van der Waals surface area contributed by atoms with Crippen molar-refractivity contribution in [2.24, 2.45) is 0 Å². The highest BCUT2D eigenvalue weighted by molar-refractivity contribution is 5.97. The molecule has 6 nitrogen and oxygen atoms in total. The van der Waals surface area contributed by atoms with E-state index in [0.717, 1.165) is 12.1 Å². The molecule has 0 bridgehead atoms. The van der Waals surface area contributed by atoms with Crippen LogP contribution in [0.5, 0.6) is 0 Å². The minimum absolute atomic E-state index is 0.0223. The standard InChI is InChI=1S/C15H22N4O2/c1-5-19-14-7-6-12(8-13(14)16-17-19)15(21)18(10(2)3)9-11(4)20/h6-8,10-11,20H,5,9H2,1-4H3. The van der Waals surface area contributed by atoms with Gasteiger partial charge in [-0.1, -0.05) is 5.21 Å². The first-order valence-corrected chi connectivity index (χ1v) is 7.26. The maximum Gasteiger partial charge on any atom is 0.254 e. The van der Waals surface area contributed by atoms with Crippen molar-refractivity contribution in [1.82, 2.24) is 19.9 Å². The van der Waals surface area contributed by atoms with Crippen LogP contribution in [0.4, 0.5) is 0 Å². The minimum atomic E-state index is -0.555. The molecule has 1 heterocycles. The van der Waals surface area contributed by atoms with E-state index in [1.165, 1.54) is 0 Å². The van der Waals surface area contributed by atoms with Gasteiger partial charge in [-0.3, -0.25) is 4.79 Å². The second kappa shape index (κ2) is 6.22. The third-order valence-corrected chi connectivity index (χ3v) is 3.41. The van der Waals surface area contributed by atoms with Gasteiger partial charge in [0.1, 0.15) is 5.52 Å². The largest absolute Gasteiger partial charge is 0.392 e. The molecule has 2 aromatic rings. The Hall–Kier alpha value is -1.95. The van der Waals surface area contributed by atoms with E-state index in [1.54, 1.807) is 28.6 Å². The summed E-state index contributed by atoms with van der Waals surface area (Å²) in [4.78, 5) is 14.3. The number of hydrogen-bond donors (Lipinski definition) is 1. The van der Waals surface area contributed by atoms with Crippen LogP contribution < -0.4 is 0 Å². The van der Waals surface area contributed by atoms with Gasteiger partial charge in [-0.15, -0.1) is 5.10 Å². The molecule has 0 aliphatic rings. The predicted molar refractivity (Wildman–Crippen MR) is 81.1 cm³/mol. The Morgan fingerprint density at radius 1 is 1.38 bits per heavy atom. The Morgan fingerprint density at radius 3 is 2.67 bits per heavy atom. The summed E-state index contributed by atoms with van der Waals surface area (Å²) in [6.45, 7) is 8.60. The molecule has 6 heteroatoms. The molecule has 0 radical (unpaired) electrons. The van der Waals surface area contributed by atoms with Crippen molar-refractivity contribution in [3.63, 3.8) is 0 Å². The monoisotopic (exact) mass is 290 g/mol. The van der Waals surface area contributed by atoms with Crippen molar-refractivity contribution in [2.45, 2.75) is 46.4 Å². The van der Waals surface area contributed by atoms with Crippen molar-refractivity contribution in [3.8, 4) is 0 Å². The zero-order valence-corrected chi connectivity index (χ0v) is 12.9. The third kappa shape index (κ3) is 3.21. The van der Waals surface area contributed by atoms with E-state index in [0.29, 0.717) is 17.6 Å². The number of benzene rings is 1. The highest BCUT2D eigenvalue weighted by Crippen LogP contribution is 2.16. The maximum atomic E-state index is 12.6. The molecule has 21 heavy (non-hydrogen) atoms. The average Bonchev–Trinajstić information content (AvgIpc) is 2.85. The number of aliphatic hydroxyl groups excluding tert-OH is 1. The summed E-state index contributed by atoms with van der Waals surface area (Å²) in [5, 5.41) is 17.7. The molecular weight excluding hydrogens is 268 g/mol. The number of hydrogen-bond acceptors (Lipinski definition) is 4. The van der Waals surface area contributed by atoms with Crippen LogP contribution in [0.1, 0.15) is 38.1 Å². The fourth-order valence-electron chi connectivity index (χ4n) is 2.32. The predicted octanol–water partition coefficient (Wildman–Crippen LogP) is 1.68. The molecule has 0 aliphatic carbocycles. The van der Waals surface area contributed by atoms with Gasteiger partial charge in [0, 0.05) is 24.7 Å². The van der Waals surface area contributed by atoms with Crippen LogP contribution >= 0.6 is 0 Å². The summed E-state index contributed by atoms with van der Waals surface area (Å²) < 4.78 is 1.79. The zero-order valence-electron chi connectivity index (χ0n) is 12.9. The summed E-state index contributed by atoms with van der Waals surface area (Å²) in [5.74, 6) is -0.0983. The van der Waals surface area contributed by atoms with Gasteiger partial charge in [0.25, 0.3) is 5.91 Å². The van der Waals surface area contributed by atoms with Crippen LogP contribution in [0.15, 0.2) is 18.2 Å². The summed E-state index contributed by atoms with van der Waals surface area (Å²) in [6.07, 6.45) is -0.555. The van der Waals surface area contributed by atoms with E-state index in [9.17, 15) is 9.90 Å². The molecule has 2 rings (SSSR count). The lowest BCUT2D eigenvalue weighted by Gasteiger charge is -2.28. The lowest BCUT2D eigenvalue weighted by molar-refractivity contribution is 0.0579. The lowest BCUT2D eigenvalue weighted by atomic mass is 10.1. The highest BCUT2D eigenvalue weighted by atomic mass is 16.3. The van der Waals surface area contributed by atoms with E-state index < -0.39 is 6.10 Å². The molecule has 1 aromatic carbocycles. The molecule has 0 saturated heterocycles. The molecule has 0 saturated carbocycles. The summed E-state index contributed by atoms with van der Waals surface area (Å²) in [5.41, 5.74) is 2.20. The first-order chi connectivity index (χ1) is 9.93. The first-order valence-electron chi connectivity index (χ1n) is 7.26. The Morgan fingerprint density at radius 2 is 2.10 bits per heavy atom. The van der Waals surface area contributed by atoms with Crippen molar-refractivity contribution < 1.29 is 9.90 Å². The highest BCUT2D eigenvalue weighted by Gasteiger charge is 2.21. The number of carbonyl (C=O) groups is 1. The Kier molecular flexibility index (Phi) is 4.57. The van der Waals surface area contributed by atoms with Crippen LogP contribution in [0.2, 0.25) is 0 Å². The van der Waals surface area contributed by atoms with E-state index >= 15 is 0 Å². The number of carbonyl (C=O) groups excluding carboxylic acids is 1. The van der Waals surface area contributed by atoms with Crippen LogP contribution in [0.25, 0.3) is 11.0 Å². The van der Waals surface area contributed by atoms with Gasteiger partial charge in [-0.05, 0) is 45.9 Å². The number of aliphatic hydroxyl groups is 1. The van der Waals surface area contributed by atoms with Gasteiger partial charge in [0.15, 0.2) is 0 Å². The Balaban J connectivity index is 2.33. The molecule has 0 spiro atoms. The molecule has 114 valence electrons. The Bertz CT molecular complexity index is 634. The SMILES string of the molecule is CCn1nnc2cc(C(=O)N(CC(C)O)C(C)C)ccc21. The van der Waals surface area contributed by atoms with Crippen LogP contribution in [0.3, 0.4) is 0 Å². The summed E-state index contributed by atoms with van der Waals surface area (Å²) in [7, 11) is 0. The van der Waals surface area contributed by atoms with E-state index in [-0.39, 0.29) is 11.9 Å².